The van der Waals surface area contributed by atoms with Gasteiger partial charge >= 0.3 is 6.09 Å². The molecule has 0 heterocycles. The molecule has 1 amide bonds. The Labute approximate surface area is 152 Å². The predicted octanol–water partition coefficient (Wildman–Crippen LogP) is 4.73. The number of aryl methyl sites for hydroxylation is 1. The van der Waals surface area contributed by atoms with Gasteiger partial charge in [-0.05, 0) is 58.9 Å². The second-order valence-corrected chi connectivity index (χ2v) is 8.34. The highest BCUT2D eigenvalue weighted by Crippen LogP contribution is 2.27. The minimum atomic E-state index is -0.450. The van der Waals surface area contributed by atoms with E-state index >= 15 is 0 Å². The summed E-state index contributed by atoms with van der Waals surface area (Å²) in [6.45, 7) is 10.7. The van der Waals surface area contributed by atoms with Crippen LogP contribution >= 0.6 is 0 Å². The summed E-state index contributed by atoms with van der Waals surface area (Å²) in [5, 5.41) is 6.75. The number of rotatable bonds is 5. The van der Waals surface area contributed by atoms with Gasteiger partial charge in [-0.1, -0.05) is 42.7 Å². The normalized spacial score (nSPS) is 22.3. The summed E-state index contributed by atoms with van der Waals surface area (Å²) in [5.74, 6) is 0.452. The average molecular weight is 347 g/mol. The van der Waals surface area contributed by atoms with Gasteiger partial charge in [0, 0.05) is 18.6 Å². The Bertz CT molecular complexity index is 565. The van der Waals surface area contributed by atoms with Gasteiger partial charge in [-0.3, -0.25) is 0 Å². The SMILES string of the molecule is Cc1cccc([C@H](C)NC2CCCCC2CNC(=O)OC(C)(C)C)c1. The van der Waals surface area contributed by atoms with E-state index in [1.807, 2.05) is 20.8 Å². The molecule has 1 fully saturated rings. The van der Waals surface area contributed by atoms with E-state index in [0.717, 1.165) is 12.8 Å². The van der Waals surface area contributed by atoms with Gasteiger partial charge in [0.05, 0.1) is 0 Å². The van der Waals surface area contributed by atoms with Crippen LogP contribution in [0.4, 0.5) is 4.79 Å². The molecule has 1 aromatic rings. The van der Waals surface area contributed by atoms with Crippen LogP contribution in [0.2, 0.25) is 0 Å². The fourth-order valence-electron chi connectivity index (χ4n) is 3.56. The molecule has 25 heavy (non-hydrogen) atoms. The first-order chi connectivity index (χ1) is 11.7. The smallest absolute Gasteiger partial charge is 0.407 e. The van der Waals surface area contributed by atoms with Crippen molar-refractivity contribution in [3.05, 3.63) is 35.4 Å². The number of amides is 1. The summed E-state index contributed by atoms with van der Waals surface area (Å²) in [6, 6.07) is 9.41. The third-order valence-corrected chi connectivity index (χ3v) is 4.82. The molecule has 0 aliphatic heterocycles. The third-order valence-electron chi connectivity index (χ3n) is 4.82. The molecular formula is C21H34N2O2. The molecule has 3 atom stereocenters. The number of nitrogens with one attached hydrogen (secondary N) is 2. The van der Waals surface area contributed by atoms with Crippen molar-refractivity contribution in [2.45, 2.75) is 78.0 Å². The lowest BCUT2D eigenvalue weighted by Crippen LogP contribution is -2.45. The Balaban J connectivity index is 1.90. The number of hydrogen-bond donors (Lipinski definition) is 2. The van der Waals surface area contributed by atoms with E-state index in [4.69, 9.17) is 4.74 Å². The lowest BCUT2D eigenvalue weighted by Gasteiger charge is -2.35. The van der Waals surface area contributed by atoms with Crippen molar-refractivity contribution in [2.75, 3.05) is 6.54 Å². The Hall–Kier alpha value is -1.55. The Morgan fingerprint density at radius 1 is 1.28 bits per heavy atom. The van der Waals surface area contributed by atoms with Crippen molar-refractivity contribution in [3.63, 3.8) is 0 Å². The van der Waals surface area contributed by atoms with Gasteiger partial charge < -0.3 is 15.4 Å². The van der Waals surface area contributed by atoms with Crippen LogP contribution in [-0.2, 0) is 4.74 Å². The van der Waals surface area contributed by atoms with Crippen molar-refractivity contribution < 1.29 is 9.53 Å². The van der Waals surface area contributed by atoms with E-state index in [9.17, 15) is 4.79 Å². The number of ether oxygens (including phenoxy) is 1. The highest BCUT2D eigenvalue weighted by molar-refractivity contribution is 5.67. The maximum absolute atomic E-state index is 11.9. The molecule has 1 aliphatic rings. The zero-order valence-electron chi connectivity index (χ0n) is 16.4. The number of hydrogen-bond acceptors (Lipinski definition) is 3. The molecule has 0 saturated heterocycles. The first-order valence-corrected chi connectivity index (χ1v) is 9.54. The second-order valence-electron chi connectivity index (χ2n) is 8.34. The molecule has 140 valence electrons. The summed E-state index contributed by atoms with van der Waals surface area (Å²) in [4.78, 5) is 11.9. The highest BCUT2D eigenvalue weighted by Gasteiger charge is 2.27. The minimum absolute atomic E-state index is 0.312. The van der Waals surface area contributed by atoms with Crippen LogP contribution < -0.4 is 10.6 Å². The average Bonchev–Trinajstić information content (AvgIpc) is 2.52. The van der Waals surface area contributed by atoms with Crippen LogP contribution in [0.1, 0.15) is 70.5 Å². The summed E-state index contributed by atoms with van der Waals surface area (Å²) < 4.78 is 5.36. The van der Waals surface area contributed by atoms with Crippen LogP contribution in [0.3, 0.4) is 0 Å². The molecule has 0 bridgehead atoms. The van der Waals surface area contributed by atoms with E-state index in [0.29, 0.717) is 24.5 Å². The van der Waals surface area contributed by atoms with Crippen molar-refractivity contribution in [3.8, 4) is 0 Å². The fraction of sp³-hybridized carbons (Fsp3) is 0.667. The maximum Gasteiger partial charge on any atom is 0.407 e. The van der Waals surface area contributed by atoms with E-state index in [-0.39, 0.29) is 6.09 Å². The van der Waals surface area contributed by atoms with Crippen LogP contribution in [-0.4, -0.2) is 24.3 Å². The largest absolute Gasteiger partial charge is 0.444 e. The number of benzene rings is 1. The molecule has 1 aliphatic carbocycles. The highest BCUT2D eigenvalue weighted by atomic mass is 16.6. The Kier molecular flexibility index (Phi) is 6.88. The zero-order chi connectivity index (χ0) is 18.4. The van der Waals surface area contributed by atoms with Gasteiger partial charge in [-0.15, -0.1) is 0 Å². The summed E-state index contributed by atoms with van der Waals surface area (Å²) >= 11 is 0. The van der Waals surface area contributed by atoms with E-state index in [2.05, 4.69) is 48.7 Å². The van der Waals surface area contributed by atoms with Gasteiger partial charge in [-0.2, -0.15) is 0 Å². The number of carbonyl (C=O) groups excluding carboxylic acids is 1. The molecule has 1 aromatic carbocycles. The second kappa shape index (κ2) is 8.70. The Morgan fingerprint density at radius 3 is 2.68 bits per heavy atom. The molecule has 2 rings (SSSR count). The van der Waals surface area contributed by atoms with Crippen molar-refractivity contribution in [2.24, 2.45) is 5.92 Å². The van der Waals surface area contributed by atoms with Crippen LogP contribution in [0.15, 0.2) is 24.3 Å². The molecule has 2 N–H and O–H groups in total. The summed E-state index contributed by atoms with van der Waals surface area (Å²) in [6.07, 6.45) is 4.48. The molecule has 0 aromatic heterocycles. The van der Waals surface area contributed by atoms with E-state index in [1.54, 1.807) is 0 Å². The molecule has 2 unspecified atom stereocenters. The van der Waals surface area contributed by atoms with Crippen LogP contribution in [0, 0.1) is 12.8 Å². The molecule has 4 heteroatoms. The first-order valence-electron chi connectivity index (χ1n) is 9.54. The van der Waals surface area contributed by atoms with E-state index in [1.165, 1.54) is 24.0 Å². The predicted molar refractivity (Wildman–Crippen MR) is 103 cm³/mol. The van der Waals surface area contributed by atoms with Gasteiger partial charge in [0.2, 0.25) is 0 Å². The molecule has 1 saturated carbocycles. The van der Waals surface area contributed by atoms with Crippen LogP contribution in [0.5, 0.6) is 0 Å². The molecule has 0 radical (unpaired) electrons. The maximum atomic E-state index is 11.9. The molecule has 4 nitrogen and oxygen atoms in total. The topological polar surface area (TPSA) is 50.4 Å². The van der Waals surface area contributed by atoms with Crippen molar-refractivity contribution in [1.29, 1.82) is 0 Å². The van der Waals surface area contributed by atoms with Crippen LogP contribution in [0.25, 0.3) is 0 Å². The first kappa shape index (κ1) is 19.8. The van der Waals surface area contributed by atoms with Crippen molar-refractivity contribution >= 4 is 6.09 Å². The van der Waals surface area contributed by atoms with Gasteiger partial charge in [0.15, 0.2) is 0 Å². The molecular weight excluding hydrogens is 312 g/mol. The van der Waals surface area contributed by atoms with Gasteiger partial charge in [0.25, 0.3) is 0 Å². The van der Waals surface area contributed by atoms with E-state index < -0.39 is 5.60 Å². The Morgan fingerprint density at radius 2 is 2.00 bits per heavy atom. The van der Waals surface area contributed by atoms with Gasteiger partial charge in [-0.25, -0.2) is 4.79 Å². The monoisotopic (exact) mass is 346 g/mol. The lowest BCUT2D eigenvalue weighted by atomic mass is 9.83. The fourth-order valence-corrected chi connectivity index (χ4v) is 3.56. The lowest BCUT2D eigenvalue weighted by molar-refractivity contribution is 0.0510. The zero-order valence-corrected chi connectivity index (χ0v) is 16.4. The summed E-state index contributed by atoms with van der Waals surface area (Å²) in [5.41, 5.74) is 2.16. The number of carbonyl (C=O) groups is 1. The van der Waals surface area contributed by atoms with Crippen molar-refractivity contribution in [1.82, 2.24) is 10.6 Å². The quantitative estimate of drug-likeness (QED) is 0.810. The standard InChI is InChI=1S/C21H34N2O2/c1-15-9-8-11-17(13-15)16(2)23-19-12-7-6-10-18(19)14-22-20(24)25-21(3,4)5/h8-9,11,13,16,18-19,23H,6-7,10,12,14H2,1-5H3,(H,22,24)/t16-,18?,19?/m0/s1. The third kappa shape index (κ3) is 6.69. The minimum Gasteiger partial charge on any atom is -0.444 e. The molecule has 0 spiro atoms. The van der Waals surface area contributed by atoms with Gasteiger partial charge in [0.1, 0.15) is 5.60 Å². The number of alkyl carbamates (subject to hydrolysis) is 1. The summed E-state index contributed by atoms with van der Waals surface area (Å²) in [7, 11) is 0.